The van der Waals surface area contributed by atoms with Gasteiger partial charge in [-0.2, -0.15) is 11.8 Å². The van der Waals surface area contributed by atoms with Crippen LogP contribution in [0.4, 0.5) is 0 Å². The van der Waals surface area contributed by atoms with Crippen LogP contribution in [0.15, 0.2) is 0 Å². The SMILES string of the molecule is CSC(C)(C)CNC(=O)CC1(CC(=O)O)CCCCC1. The maximum Gasteiger partial charge on any atom is 0.303 e. The maximum atomic E-state index is 12.1. The number of hydrogen-bond donors (Lipinski definition) is 2. The molecule has 1 saturated carbocycles. The maximum absolute atomic E-state index is 12.1. The first-order valence-corrected chi connectivity index (χ1v) is 8.55. The fourth-order valence-electron chi connectivity index (χ4n) is 2.83. The van der Waals surface area contributed by atoms with Crippen molar-refractivity contribution in [3.8, 4) is 0 Å². The molecule has 0 saturated heterocycles. The van der Waals surface area contributed by atoms with Gasteiger partial charge >= 0.3 is 5.97 Å². The molecule has 0 aromatic heterocycles. The molecule has 1 rings (SSSR count). The van der Waals surface area contributed by atoms with E-state index in [2.05, 4.69) is 19.2 Å². The van der Waals surface area contributed by atoms with E-state index in [0.717, 1.165) is 32.1 Å². The van der Waals surface area contributed by atoms with E-state index in [9.17, 15) is 9.59 Å². The van der Waals surface area contributed by atoms with E-state index in [4.69, 9.17) is 5.11 Å². The number of thioether (sulfide) groups is 1. The van der Waals surface area contributed by atoms with Crippen LogP contribution in [0.5, 0.6) is 0 Å². The predicted molar refractivity (Wildman–Crippen MR) is 83.0 cm³/mol. The van der Waals surface area contributed by atoms with Gasteiger partial charge in [0, 0.05) is 17.7 Å². The summed E-state index contributed by atoms with van der Waals surface area (Å²) in [4.78, 5) is 23.2. The number of rotatable bonds is 7. The predicted octanol–water partition coefficient (Wildman–Crippen LogP) is 3.06. The van der Waals surface area contributed by atoms with Crippen LogP contribution < -0.4 is 5.32 Å². The third kappa shape index (κ3) is 5.73. The Hall–Kier alpha value is -0.710. The van der Waals surface area contributed by atoms with Crippen molar-refractivity contribution in [2.75, 3.05) is 12.8 Å². The summed E-state index contributed by atoms with van der Waals surface area (Å²) in [5.74, 6) is -0.792. The zero-order valence-electron chi connectivity index (χ0n) is 12.8. The van der Waals surface area contributed by atoms with Gasteiger partial charge in [-0.05, 0) is 38.4 Å². The number of carbonyl (C=O) groups is 2. The van der Waals surface area contributed by atoms with Crippen molar-refractivity contribution in [2.24, 2.45) is 5.41 Å². The average molecular weight is 301 g/mol. The quantitative estimate of drug-likeness (QED) is 0.758. The molecule has 1 amide bonds. The first kappa shape index (κ1) is 17.3. The third-order valence-corrected chi connectivity index (χ3v) is 5.49. The largest absolute Gasteiger partial charge is 0.481 e. The molecule has 2 N–H and O–H groups in total. The Morgan fingerprint density at radius 2 is 1.80 bits per heavy atom. The molecule has 5 heteroatoms. The van der Waals surface area contributed by atoms with E-state index in [1.54, 1.807) is 11.8 Å². The number of aliphatic carboxylic acids is 1. The monoisotopic (exact) mass is 301 g/mol. The van der Waals surface area contributed by atoms with Crippen molar-refractivity contribution in [3.63, 3.8) is 0 Å². The van der Waals surface area contributed by atoms with Gasteiger partial charge in [0.25, 0.3) is 0 Å². The fourth-order valence-corrected chi connectivity index (χ4v) is 3.04. The number of carboxylic acids is 1. The number of carboxylic acid groups (broad SMARTS) is 1. The first-order chi connectivity index (χ1) is 9.29. The normalized spacial score (nSPS) is 18.6. The summed E-state index contributed by atoms with van der Waals surface area (Å²) in [6.45, 7) is 4.80. The second-order valence-electron chi connectivity index (χ2n) is 6.55. The number of amides is 1. The second-order valence-corrected chi connectivity index (χ2v) is 8.06. The van der Waals surface area contributed by atoms with Gasteiger partial charge in [0.1, 0.15) is 0 Å². The molecule has 0 heterocycles. The lowest BCUT2D eigenvalue weighted by Crippen LogP contribution is -2.40. The van der Waals surface area contributed by atoms with Crippen molar-refractivity contribution in [3.05, 3.63) is 0 Å². The van der Waals surface area contributed by atoms with Crippen molar-refractivity contribution in [1.29, 1.82) is 0 Å². The van der Waals surface area contributed by atoms with E-state index in [0.29, 0.717) is 13.0 Å². The highest BCUT2D eigenvalue weighted by Crippen LogP contribution is 2.42. The van der Waals surface area contributed by atoms with Gasteiger partial charge in [0.05, 0.1) is 6.42 Å². The smallest absolute Gasteiger partial charge is 0.303 e. The summed E-state index contributed by atoms with van der Waals surface area (Å²) < 4.78 is 0.0161. The first-order valence-electron chi connectivity index (χ1n) is 7.32. The Bertz CT molecular complexity index is 349. The minimum Gasteiger partial charge on any atom is -0.481 e. The molecule has 1 aliphatic rings. The van der Waals surface area contributed by atoms with Crippen molar-refractivity contribution >= 4 is 23.6 Å². The standard InChI is InChI=1S/C15H27NO3S/c1-14(2,20-3)11-16-12(17)9-15(10-13(18)19)7-5-4-6-8-15/h4-11H2,1-3H3,(H,16,17)(H,18,19). The molecular weight excluding hydrogens is 274 g/mol. The van der Waals surface area contributed by atoms with Crippen LogP contribution in [-0.2, 0) is 9.59 Å². The molecule has 1 aliphatic carbocycles. The lowest BCUT2D eigenvalue weighted by molar-refractivity contribution is -0.141. The van der Waals surface area contributed by atoms with E-state index >= 15 is 0 Å². The Labute approximate surface area is 126 Å². The summed E-state index contributed by atoms with van der Waals surface area (Å²) >= 11 is 1.72. The molecule has 0 radical (unpaired) electrons. The highest BCUT2D eigenvalue weighted by atomic mass is 32.2. The second kappa shape index (κ2) is 7.34. The van der Waals surface area contributed by atoms with Gasteiger partial charge in [-0.3, -0.25) is 9.59 Å². The molecule has 4 nitrogen and oxygen atoms in total. The van der Waals surface area contributed by atoms with E-state index in [1.165, 1.54) is 0 Å². The number of carbonyl (C=O) groups excluding carboxylic acids is 1. The molecule has 20 heavy (non-hydrogen) atoms. The van der Waals surface area contributed by atoms with Crippen LogP contribution in [-0.4, -0.2) is 34.5 Å². The van der Waals surface area contributed by atoms with Crippen LogP contribution >= 0.6 is 11.8 Å². The van der Waals surface area contributed by atoms with Crippen molar-refractivity contribution in [1.82, 2.24) is 5.32 Å². The van der Waals surface area contributed by atoms with Crippen LogP contribution in [0.3, 0.4) is 0 Å². The van der Waals surface area contributed by atoms with Crippen LogP contribution in [0.25, 0.3) is 0 Å². The topological polar surface area (TPSA) is 66.4 Å². The molecule has 0 spiro atoms. The van der Waals surface area contributed by atoms with Gasteiger partial charge in [-0.15, -0.1) is 0 Å². The number of nitrogens with one attached hydrogen (secondary N) is 1. The summed E-state index contributed by atoms with van der Waals surface area (Å²) in [7, 11) is 0. The number of hydrogen-bond acceptors (Lipinski definition) is 3. The van der Waals surface area contributed by atoms with Crippen LogP contribution in [0.2, 0.25) is 0 Å². The molecule has 0 unspecified atom stereocenters. The zero-order chi connectivity index (χ0) is 15.2. The highest BCUT2D eigenvalue weighted by molar-refractivity contribution is 7.99. The molecule has 0 bridgehead atoms. The molecular formula is C15H27NO3S. The van der Waals surface area contributed by atoms with Gasteiger partial charge < -0.3 is 10.4 Å². The summed E-state index contributed by atoms with van der Waals surface area (Å²) in [6.07, 6.45) is 7.45. The Balaban J connectivity index is 2.56. The molecule has 0 aliphatic heterocycles. The average Bonchev–Trinajstić information content (AvgIpc) is 2.36. The zero-order valence-corrected chi connectivity index (χ0v) is 13.6. The van der Waals surface area contributed by atoms with Crippen LogP contribution in [0.1, 0.15) is 58.8 Å². The fraction of sp³-hybridized carbons (Fsp3) is 0.867. The Morgan fingerprint density at radius 1 is 1.20 bits per heavy atom. The summed E-state index contributed by atoms with van der Waals surface area (Å²) in [6, 6.07) is 0. The van der Waals surface area contributed by atoms with E-state index < -0.39 is 5.97 Å². The van der Waals surface area contributed by atoms with Gasteiger partial charge in [-0.25, -0.2) is 0 Å². The van der Waals surface area contributed by atoms with Gasteiger partial charge in [0.15, 0.2) is 0 Å². The minimum absolute atomic E-state index is 0.00437. The van der Waals surface area contributed by atoms with Gasteiger partial charge in [-0.1, -0.05) is 19.3 Å². The molecule has 116 valence electrons. The van der Waals surface area contributed by atoms with Gasteiger partial charge in [0.2, 0.25) is 5.91 Å². The van der Waals surface area contributed by atoms with Crippen LogP contribution in [0, 0.1) is 5.41 Å². The lowest BCUT2D eigenvalue weighted by atomic mass is 9.69. The van der Waals surface area contributed by atoms with E-state index in [1.807, 2.05) is 6.26 Å². The summed E-state index contributed by atoms with van der Waals surface area (Å²) in [5, 5.41) is 12.1. The highest BCUT2D eigenvalue weighted by Gasteiger charge is 2.36. The molecule has 1 fully saturated rings. The molecule has 0 atom stereocenters. The molecule has 0 aromatic carbocycles. The Morgan fingerprint density at radius 3 is 2.30 bits per heavy atom. The van der Waals surface area contributed by atoms with Crippen molar-refractivity contribution < 1.29 is 14.7 Å². The lowest BCUT2D eigenvalue weighted by Gasteiger charge is -2.36. The summed E-state index contributed by atoms with van der Waals surface area (Å²) in [5.41, 5.74) is -0.322. The Kier molecular flexibility index (Phi) is 6.37. The minimum atomic E-state index is -0.788. The van der Waals surface area contributed by atoms with E-state index in [-0.39, 0.29) is 22.5 Å². The molecule has 0 aromatic rings. The third-order valence-electron chi connectivity index (χ3n) is 4.24. The van der Waals surface area contributed by atoms with Crippen molar-refractivity contribution in [2.45, 2.75) is 63.5 Å².